The van der Waals surface area contributed by atoms with Crippen LogP contribution in [0.1, 0.15) is 5.69 Å². The average molecular weight is 489 g/mol. The fourth-order valence-corrected chi connectivity index (χ4v) is 6.10. The number of fused-ring (bicyclic) bond motifs is 3. The molecule has 0 aliphatic rings. The number of ether oxygens (including phenoxy) is 1. The third kappa shape index (κ3) is 3.22. The van der Waals surface area contributed by atoms with Gasteiger partial charge in [-0.1, -0.05) is 51.2 Å². The van der Waals surface area contributed by atoms with E-state index in [-0.39, 0.29) is 0 Å². The first kappa shape index (κ1) is 18.1. The number of rotatable bonds is 5. The Labute approximate surface area is 181 Å². The number of hydrogen-bond donors (Lipinski definition) is 0. The zero-order valence-corrected chi connectivity index (χ0v) is 18.7. The van der Waals surface area contributed by atoms with Crippen molar-refractivity contribution in [2.75, 3.05) is 7.11 Å². The molecule has 5 aromatic rings. The lowest BCUT2D eigenvalue weighted by Crippen LogP contribution is -1.89. The Hall–Kier alpha value is -1.94. The van der Waals surface area contributed by atoms with Crippen molar-refractivity contribution >= 4 is 65.5 Å². The minimum Gasteiger partial charge on any atom is -0.496 e. The lowest BCUT2D eigenvalue weighted by atomic mass is 10.2. The van der Waals surface area contributed by atoms with E-state index in [9.17, 15) is 0 Å². The molecule has 3 aromatic heterocycles. The van der Waals surface area contributed by atoms with Crippen LogP contribution in [-0.4, -0.2) is 26.7 Å². The van der Waals surface area contributed by atoms with Crippen molar-refractivity contribution in [2.24, 2.45) is 0 Å². The topological polar surface area (TPSA) is 52.3 Å². The fourth-order valence-electron chi connectivity index (χ4n) is 2.93. The van der Waals surface area contributed by atoms with Crippen LogP contribution in [0.5, 0.6) is 5.75 Å². The molecule has 2 aromatic carbocycles. The number of hydrogen-bond acceptors (Lipinski definition) is 7. The summed E-state index contributed by atoms with van der Waals surface area (Å²) in [5, 5.41) is 12.6. The van der Waals surface area contributed by atoms with Gasteiger partial charge in [0.1, 0.15) is 10.8 Å². The Morgan fingerprint density at radius 3 is 2.96 bits per heavy atom. The number of nitrogens with zero attached hydrogens (tertiary/aromatic N) is 4. The molecule has 0 atom stereocenters. The molecule has 0 unspecified atom stereocenters. The normalized spacial score (nSPS) is 11.5. The molecule has 9 heteroatoms. The molecule has 140 valence electrons. The summed E-state index contributed by atoms with van der Waals surface area (Å²) in [5.74, 6) is 1.55. The van der Waals surface area contributed by atoms with Crippen LogP contribution >= 0.6 is 50.4 Å². The summed E-state index contributed by atoms with van der Waals surface area (Å²) in [7, 11) is 1.68. The lowest BCUT2D eigenvalue weighted by molar-refractivity contribution is 0.416. The molecule has 0 aliphatic carbocycles. The molecule has 0 saturated heterocycles. The van der Waals surface area contributed by atoms with E-state index >= 15 is 0 Å². The van der Waals surface area contributed by atoms with Gasteiger partial charge >= 0.3 is 0 Å². The van der Waals surface area contributed by atoms with Crippen molar-refractivity contribution in [3.8, 4) is 16.3 Å². The lowest BCUT2D eigenvalue weighted by Gasteiger charge is -2.06. The Kier molecular flexibility index (Phi) is 4.83. The van der Waals surface area contributed by atoms with Gasteiger partial charge in [0.25, 0.3) is 0 Å². The van der Waals surface area contributed by atoms with Gasteiger partial charge in [-0.25, -0.2) is 4.98 Å². The average Bonchev–Trinajstić information content (AvgIpc) is 3.41. The van der Waals surface area contributed by atoms with E-state index in [0.717, 1.165) is 47.9 Å². The first-order chi connectivity index (χ1) is 13.7. The highest BCUT2D eigenvalue weighted by Crippen LogP contribution is 2.36. The highest BCUT2D eigenvalue weighted by Gasteiger charge is 2.15. The van der Waals surface area contributed by atoms with Gasteiger partial charge < -0.3 is 4.74 Å². The van der Waals surface area contributed by atoms with E-state index in [0.29, 0.717) is 0 Å². The second-order valence-electron chi connectivity index (χ2n) is 5.95. The maximum absolute atomic E-state index is 5.48. The summed E-state index contributed by atoms with van der Waals surface area (Å²) in [6.45, 7) is 0. The van der Waals surface area contributed by atoms with Crippen LogP contribution in [0, 0.1) is 0 Å². The number of para-hydroxylation sites is 1. The molecule has 0 amide bonds. The van der Waals surface area contributed by atoms with Crippen LogP contribution in [0.2, 0.25) is 0 Å². The largest absolute Gasteiger partial charge is 0.496 e. The zero-order chi connectivity index (χ0) is 19.1. The Bertz CT molecular complexity index is 1290. The second kappa shape index (κ2) is 7.47. The number of benzene rings is 2. The summed E-state index contributed by atoms with van der Waals surface area (Å²) in [6, 6.07) is 14.3. The fraction of sp³-hybridized carbons (Fsp3) is 0.105. The molecule has 0 aliphatic heterocycles. The molecule has 0 saturated carbocycles. The van der Waals surface area contributed by atoms with E-state index < -0.39 is 0 Å². The van der Waals surface area contributed by atoms with Crippen LogP contribution in [0.15, 0.2) is 57.5 Å². The second-order valence-corrected chi connectivity index (χ2v) is 9.67. The van der Waals surface area contributed by atoms with E-state index in [4.69, 9.17) is 9.72 Å². The third-order valence-electron chi connectivity index (χ3n) is 4.20. The Morgan fingerprint density at radius 2 is 2.07 bits per heavy atom. The van der Waals surface area contributed by atoms with Gasteiger partial charge in [0.15, 0.2) is 5.16 Å². The van der Waals surface area contributed by atoms with Gasteiger partial charge in [0.2, 0.25) is 4.96 Å². The van der Waals surface area contributed by atoms with Crippen molar-refractivity contribution in [1.29, 1.82) is 0 Å². The predicted octanol–water partition coefficient (Wildman–Crippen LogP) is 6.13. The van der Waals surface area contributed by atoms with Crippen LogP contribution in [-0.2, 0) is 5.75 Å². The molecule has 0 radical (unpaired) electrons. The van der Waals surface area contributed by atoms with Gasteiger partial charge in [-0.2, -0.15) is 0 Å². The number of aromatic nitrogens is 4. The Morgan fingerprint density at radius 1 is 1.18 bits per heavy atom. The van der Waals surface area contributed by atoms with Gasteiger partial charge in [0.05, 0.1) is 28.6 Å². The molecule has 0 spiro atoms. The van der Waals surface area contributed by atoms with Crippen molar-refractivity contribution in [3.63, 3.8) is 0 Å². The Balaban J connectivity index is 1.42. The summed E-state index contributed by atoms with van der Waals surface area (Å²) < 4.78 is 9.82. The smallest absolute Gasteiger partial charge is 0.217 e. The number of thioether (sulfide) groups is 1. The molecule has 28 heavy (non-hydrogen) atoms. The molecule has 0 N–H and O–H groups in total. The zero-order valence-electron chi connectivity index (χ0n) is 14.6. The maximum atomic E-state index is 5.48. The maximum Gasteiger partial charge on any atom is 0.217 e. The molecule has 3 heterocycles. The van der Waals surface area contributed by atoms with Crippen LogP contribution in [0.3, 0.4) is 0 Å². The van der Waals surface area contributed by atoms with Crippen molar-refractivity contribution in [3.05, 3.63) is 58.0 Å². The van der Waals surface area contributed by atoms with Crippen LogP contribution < -0.4 is 4.74 Å². The molecular weight excluding hydrogens is 476 g/mol. The molecular formula is C19H13BrN4OS3. The van der Waals surface area contributed by atoms with Crippen molar-refractivity contribution in [2.45, 2.75) is 10.9 Å². The van der Waals surface area contributed by atoms with Gasteiger partial charge in [-0.15, -0.1) is 21.5 Å². The summed E-state index contributed by atoms with van der Waals surface area (Å²) in [5.41, 5.74) is 3.16. The van der Waals surface area contributed by atoms with Crippen molar-refractivity contribution < 1.29 is 4.74 Å². The minimum absolute atomic E-state index is 0.734. The van der Waals surface area contributed by atoms with E-state index in [1.807, 2.05) is 30.3 Å². The van der Waals surface area contributed by atoms with Crippen LogP contribution in [0.4, 0.5) is 0 Å². The minimum atomic E-state index is 0.734. The molecule has 0 fully saturated rings. The van der Waals surface area contributed by atoms with Crippen LogP contribution in [0.25, 0.3) is 25.7 Å². The van der Waals surface area contributed by atoms with Gasteiger partial charge in [0, 0.05) is 15.6 Å². The van der Waals surface area contributed by atoms with E-state index in [1.165, 1.54) is 4.70 Å². The van der Waals surface area contributed by atoms with E-state index in [2.05, 4.69) is 48.0 Å². The highest BCUT2D eigenvalue weighted by molar-refractivity contribution is 9.10. The number of methoxy groups -OCH3 is 1. The monoisotopic (exact) mass is 488 g/mol. The summed E-state index contributed by atoms with van der Waals surface area (Å²) in [6.07, 6.45) is 0. The number of thiazole rings is 2. The first-order valence-corrected chi connectivity index (χ1v) is 11.8. The quantitative estimate of drug-likeness (QED) is 0.278. The summed E-state index contributed by atoms with van der Waals surface area (Å²) >= 11 is 8.45. The SMILES string of the molecule is COc1ccc(Br)cc1-c1nc(CSc2nnc3sc4ccccc4n23)cs1. The van der Waals surface area contributed by atoms with Gasteiger partial charge in [-0.05, 0) is 30.3 Å². The van der Waals surface area contributed by atoms with E-state index in [1.54, 1.807) is 41.5 Å². The molecule has 0 bridgehead atoms. The number of halogens is 1. The first-order valence-electron chi connectivity index (χ1n) is 8.37. The van der Waals surface area contributed by atoms with Gasteiger partial charge in [-0.3, -0.25) is 4.40 Å². The third-order valence-corrected chi connectivity index (χ3v) is 7.60. The van der Waals surface area contributed by atoms with Crippen molar-refractivity contribution in [1.82, 2.24) is 19.6 Å². The molecule has 5 rings (SSSR count). The standard InChI is InChI=1S/C19H13BrN4OS3/c1-25-15-7-6-11(20)8-13(15)17-21-12(9-26-17)10-27-18-22-23-19-24(18)14-4-2-3-5-16(14)28-19/h2-9H,10H2,1H3. The summed E-state index contributed by atoms with van der Waals surface area (Å²) in [4.78, 5) is 5.72. The highest BCUT2D eigenvalue weighted by atomic mass is 79.9. The molecule has 5 nitrogen and oxygen atoms in total. The predicted molar refractivity (Wildman–Crippen MR) is 120 cm³/mol.